The number of nitrogens with zero attached hydrogens (tertiary/aromatic N) is 3. The van der Waals surface area contributed by atoms with Crippen molar-refractivity contribution in [3.8, 4) is 11.4 Å². The maximum Gasteiger partial charge on any atom is 0.269 e. The molecule has 0 fully saturated rings. The van der Waals surface area contributed by atoms with Gasteiger partial charge in [0.25, 0.3) is 11.2 Å². The van der Waals surface area contributed by atoms with Crippen molar-refractivity contribution in [2.24, 2.45) is 0 Å². The lowest BCUT2D eigenvalue weighted by Crippen LogP contribution is -2.24. The lowest BCUT2D eigenvalue weighted by Gasteiger charge is -2.16. The summed E-state index contributed by atoms with van der Waals surface area (Å²) in [6.07, 6.45) is 0.250. The monoisotopic (exact) mass is 387 g/mol. The van der Waals surface area contributed by atoms with E-state index in [0.29, 0.717) is 33.7 Å². The van der Waals surface area contributed by atoms with Gasteiger partial charge in [-0.05, 0) is 29.8 Å². The van der Waals surface area contributed by atoms with Crippen molar-refractivity contribution in [3.05, 3.63) is 105 Å². The number of rotatable bonds is 5. The molecule has 0 spiro atoms. The van der Waals surface area contributed by atoms with Crippen LogP contribution in [-0.2, 0) is 6.42 Å². The fourth-order valence-electron chi connectivity index (χ4n) is 3.32. The summed E-state index contributed by atoms with van der Waals surface area (Å²) in [7, 11) is 1.54. The summed E-state index contributed by atoms with van der Waals surface area (Å²) in [6, 6.07) is 20.6. The Kier molecular flexibility index (Phi) is 4.78. The molecule has 7 heteroatoms. The van der Waals surface area contributed by atoms with Gasteiger partial charge in [-0.2, -0.15) is 0 Å². The van der Waals surface area contributed by atoms with Crippen molar-refractivity contribution in [1.29, 1.82) is 0 Å². The Bertz CT molecular complexity index is 1280. The minimum absolute atomic E-state index is 0.00511. The van der Waals surface area contributed by atoms with E-state index in [1.165, 1.54) is 16.7 Å². The molecule has 0 aliphatic heterocycles. The average Bonchev–Trinajstić information content (AvgIpc) is 2.74. The minimum atomic E-state index is -0.440. The maximum absolute atomic E-state index is 13.3. The number of non-ortho nitro benzene ring substituents is 1. The molecule has 0 bridgehead atoms. The van der Waals surface area contributed by atoms with Crippen LogP contribution in [0.4, 0.5) is 5.69 Å². The summed E-state index contributed by atoms with van der Waals surface area (Å²) in [5.74, 6) is 1.01. The SMILES string of the molecule is COc1ccccc1-n1c(Cc2cccc([N+](=O)[O-])c2)nc2ccccc2c1=O. The van der Waals surface area contributed by atoms with E-state index < -0.39 is 4.92 Å². The van der Waals surface area contributed by atoms with Gasteiger partial charge in [0.1, 0.15) is 11.6 Å². The van der Waals surface area contributed by atoms with Crippen LogP contribution in [0, 0.1) is 10.1 Å². The number of fused-ring (bicyclic) bond motifs is 1. The second-order valence-corrected chi connectivity index (χ2v) is 6.46. The molecule has 0 N–H and O–H groups in total. The Labute approximate surface area is 166 Å². The third-order valence-corrected chi connectivity index (χ3v) is 4.65. The van der Waals surface area contributed by atoms with Crippen LogP contribution in [0.15, 0.2) is 77.6 Å². The molecule has 3 aromatic carbocycles. The number of para-hydroxylation sites is 3. The highest BCUT2D eigenvalue weighted by Crippen LogP contribution is 2.24. The van der Waals surface area contributed by atoms with E-state index in [9.17, 15) is 14.9 Å². The summed E-state index contributed by atoms with van der Waals surface area (Å²) in [5, 5.41) is 11.6. The van der Waals surface area contributed by atoms with E-state index >= 15 is 0 Å². The van der Waals surface area contributed by atoms with Gasteiger partial charge in [0.2, 0.25) is 0 Å². The standard InChI is InChI=1S/C22H17N3O4/c1-29-20-12-5-4-11-19(20)24-21(14-15-7-6-8-16(13-15)25(27)28)23-18-10-3-2-9-17(18)22(24)26/h2-13H,14H2,1H3. The number of aromatic nitrogens is 2. The van der Waals surface area contributed by atoms with Gasteiger partial charge >= 0.3 is 0 Å². The number of nitro groups is 1. The van der Waals surface area contributed by atoms with Gasteiger partial charge < -0.3 is 4.74 Å². The molecule has 144 valence electrons. The molecular formula is C22H17N3O4. The summed E-state index contributed by atoms with van der Waals surface area (Å²) >= 11 is 0. The molecule has 4 aromatic rings. The topological polar surface area (TPSA) is 87.3 Å². The Hall–Kier alpha value is -4.00. The molecule has 0 radical (unpaired) electrons. The van der Waals surface area contributed by atoms with Crippen LogP contribution >= 0.6 is 0 Å². The molecular weight excluding hydrogens is 370 g/mol. The van der Waals surface area contributed by atoms with Crippen LogP contribution in [0.2, 0.25) is 0 Å². The van der Waals surface area contributed by atoms with Crippen molar-refractivity contribution in [2.75, 3.05) is 7.11 Å². The highest BCUT2D eigenvalue weighted by atomic mass is 16.6. The summed E-state index contributed by atoms with van der Waals surface area (Å²) in [4.78, 5) is 28.7. The molecule has 0 saturated heterocycles. The highest BCUT2D eigenvalue weighted by molar-refractivity contribution is 5.78. The van der Waals surface area contributed by atoms with E-state index in [1.807, 2.05) is 18.2 Å². The zero-order valence-corrected chi connectivity index (χ0v) is 15.6. The Morgan fingerprint density at radius 1 is 1.03 bits per heavy atom. The van der Waals surface area contributed by atoms with E-state index in [0.717, 1.165) is 0 Å². The van der Waals surface area contributed by atoms with E-state index in [-0.39, 0.29) is 17.7 Å². The first-order valence-electron chi connectivity index (χ1n) is 8.96. The van der Waals surface area contributed by atoms with Crippen LogP contribution in [0.5, 0.6) is 5.75 Å². The first-order valence-corrected chi connectivity index (χ1v) is 8.96. The third kappa shape index (κ3) is 3.45. The molecule has 0 aliphatic carbocycles. The van der Waals surface area contributed by atoms with Crippen LogP contribution in [0.25, 0.3) is 16.6 Å². The normalized spacial score (nSPS) is 10.8. The van der Waals surface area contributed by atoms with Crippen molar-refractivity contribution in [2.45, 2.75) is 6.42 Å². The zero-order valence-electron chi connectivity index (χ0n) is 15.6. The smallest absolute Gasteiger partial charge is 0.269 e. The van der Waals surface area contributed by atoms with Gasteiger partial charge in [0.05, 0.1) is 28.6 Å². The molecule has 7 nitrogen and oxygen atoms in total. The molecule has 1 heterocycles. The lowest BCUT2D eigenvalue weighted by atomic mass is 10.1. The lowest BCUT2D eigenvalue weighted by molar-refractivity contribution is -0.384. The van der Waals surface area contributed by atoms with Gasteiger partial charge in [-0.25, -0.2) is 4.98 Å². The van der Waals surface area contributed by atoms with Crippen LogP contribution in [-0.4, -0.2) is 21.6 Å². The molecule has 1 aromatic heterocycles. The average molecular weight is 387 g/mol. The molecule has 0 aliphatic rings. The van der Waals surface area contributed by atoms with Gasteiger partial charge in [0, 0.05) is 18.6 Å². The van der Waals surface area contributed by atoms with Crippen molar-refractivity contribution >= 4 is 16.6 Å². The van der Waals surface area contributed by atoms with Crippen LogP contribution in [0.1, 0.15) is 11.4 Å². The maximum atomic E-state index is 13.3. The Balaban J connectivity index is 1.96. The van der Waals surface area contributed by atoms with Crippen molar-refractivity contribution in [3.63, 3.8) is 0 Å². The van der Waals surface area contributed by atoms with E-state index in [4.69, 9.17) is 9.72 Å². The van der Waals surface area contributed by atoms with Gasteiger partial charge in [0.15, 0.2) is 0 Å². The summed E-state index contributed by atoms with van der Waals surface area (Å²) < 4.78 is 6.96. The number of nitro benzene ring substituents is 1. The molecule has 29 heavy (non-hydrogen) atoms. The molecule has 0 amide bonds. The predicted molar refractivity (Wildman–Crippen MR) is 110 cm³/mol. The predicted octanol–water partition coefficient (Wildman–Crippen LogP) is 3.89. The largest absolute Gasteiger partial charge is 0.495 e. The molecule has 4 rings (SSSR count). The number of hydrogen-bond acceptors (Lipinski definition) is 5. The Morgan fingerprint density at radius 3 is 2.59 bits per heavy atom. The molecule has 0 atom stereocenters. The first kappa shape index (κ1) is 18.4. The summed E-state index contributed by atoms with van der Waals surface area (Å²) in [5.41, 5.74) is 1.60. The molecule has 0 unspecified atom stereocenters. The third-order valence-electron chi connectivity index (χ3n) is 4.65. The van der Waals surface area contributed by atoms with Crippen molar-refractivity contribution < 1.29 is 9.66 Å². The van der Waals surface area contributed by atoms with Crippen LogP contribution in [0.3, 0.4) is 0 Å². The molecule has 0 saturated carbocycles. The zero-order chi connectivity index (χ0) is 20.4. The number of ether oxygens (including phenoxy) is 1. The number of methoxy groups -OCH3 is 1. The fourth-order valence-corrected chi connectivity index (χ4v) is 3.32. The first-order chi connectivity index (χ1) is 14.1. The van der Waals surface area contributed by atoms with Crippen molar-refractivity contribution in [1.82, 2.24) is 9.55 Å². The van der Waals surface area contributed by atoms with E-state index in [2.05, 4.69) is 0 Å². The quantitative estimate of drug-likeness (QED) is 0.383. The highest BCUT2D eigenvalue weighted by Gasteiger charge is 2.17. The Morgan fingerprint density at radius 2 is 1.79 bits per heavy atom. The number of benzene rings is 3. The second kappa shape index (κ2) is 7.55. The van der Waals surface area contributed by atoms with Gasteiger partial charge in [-0.15, -0.1) is 0 Å². The van der Waals surface area contributed by atoms with Gasteiger partial charge in [-0.3, -0.25) is 19.5 Å². The van der Waals surface area contributed by atoms with E-state index in [1.54, 1.807) is 49.6 Å². The minimum Gasteiger partial charge on any atom is -0.495 e. The summed E-state index contributed by atoms with van der Waals surface area (Å²) in [6.45, 7) is 0. The van der Waals surface area contributed by atoms with Crippen LogP contribution < -0.4 is 10.3 Å². The van der Waals surface area contributed by atoms with Gasteiger partial charge in [-0.1, -0.05) is 36.4 Å². The number of hydrogen-bond donors (Lipinski definition) is 0. The second-order valence-electron chi connectivity index (χ2n) is 6.46. The fraction of sp³-hybridized carbons (Fsp3) is 0.0909.